The number of hydrogen-bond donors (Lipinski definition) is 3. The Bertz CT molecular complexity index is 355. The van der Waals surface area contributed by atoms with Crippen LogP contribution in [-0.4, -0.2) is 49.2 Å². The maximum Gasteiger partial charge on any atom is 0.137 e. The van der Waals surface area contributed by atoms with Gasteiger partial charge < -0.3 is 25.0 Å². The van der Waals surface area contributed by atoms with Crippen LogP contribution in [0.5, 0.6) is 11.5 Å². The first-order valence-corrected chi connectivity index (χ1v) is 6.58. The van der Waals surface area contributed by atoms with Crippen molar-refractivity contribution in [3.05, 3.63) is 24.3 Å². The first kappa shape index (κ1) is 15.8. The molecule has 0 radical (unpaired) electrons. The molecule has 19 heavy (non-hydrogen) atoms. The molecule has 2 atom stereocenters. The molecule has 0 unspecified atom stereocenters. The SMILES string of the molecule is CC[C@@H](CO)[NH2+]C[C@H](O)COc1cccc(OC)c1. The van der Waals surface area contributed by atoms with E-state index in [9.17, 15) is 5.11 Å². The molecule has 5 nitrogen and oxygen atoms in total. The van der Waals surface area contributed by atoms with E-state index in [1.165, 1.54) is 0 Å². The lowest BCUT2D eigenvalue weighted by atomic mass is 10.2. The minimum absolute atomic E-state index is 0.125. The van der Waals surface area contributed by atoms with Gasteiger partial charge in [0.05, 0.1) is 13.7 Å². The average molecular weight is 270 g/mol. The van der Waals surface area contributed by atoms with E-state index in [1.54, 1.807) is 13.2 Å². The van der Waals surface area contributed by atoms with E-state index in [-0.39, 0.29) is 19.3 Å². The fraction of sp³-hybridized carbons (Fsp3) is 0.571. The maximum absolute atomic E-state index is 9.81. The maximum atomic E-state index is 9.81. The fourth-order valence-corrected chi connectivity index (χ4v) is 1.67. The summed E-state index contributed by atoms with van der Waals surface area (Å²) in [5.41, 5.74) is 0. The van der Waals surface area contributed by atoms with Crippen molar-refractivity contribution in [1.29, 1.82) is 0 Å². The second-order valence-corrected chi connectivity index (χ2v) is 4.47. The third-order valence-electron chi connectivity index (χ3n) is 2.98. The number of quaternary nitrogens is 1. The summed E-state index contributed by atoms with van der Waals surface area (Å²) < 4.78 is 10.6. The molecule has 0 bridgehead atoms. The largest absolute Gasteiger partial charge is 0.497 e. The van der Waals surface area contributed by atoms with Crippen molar-refractivity contribution in [3.8, 4) is 11.5 Å². The van der Waals surface area contributed by atoms with Crippen LogP contribution in [0.1, 0.15) is 13.3 Å². The zero-order chi connectivity index (χ0) is 14.1. The molecule has 0 aliphatic heterocycles. The lowest BCUT2D eigenvalue weighted by Gasteiger charge is -2.15. The smallest absolute Gasteiger partial charge is 0.137 e. The van der Waals surface area contributed by atoms with Crippen LogP contribution >= 0.6 is 0 Å². The molecular formula is C14H24NO4+. The van der Waals surface area contributed by atoms with E-state index in [1.807, 2.05) is 30.4 Å². The minimum Gasteiger partial charge on any atom is -0.497 e. The van der Waals surface area contributed by atoms with Crippen LogP contribution in [0.4, 0.5) is 0 Å². The summed E-state index contributed by atoms with van der Waals surface area (Å²) in [7, 11) is 1.60. The number of benzene rings is 1. The summed E-state index contributed by atoms with van der Waals surface area (Å²) in [6, 6.07) is 7.42. The number of methoxy groups -OCH3 is 1. The molecule has 0 saturated carbocycles. The quantitative estimate of drug-likeness (QED) is 0.579. The Hall–Kier alpha value is -1.30. The van der Waals surface area contributed by atoms with Crippen molar-refractivity contribution in [1.82, 2.24) is 0 Å². The molecule has 0 amide bonds. The molecule has 4 N–H and O–H groups in total. The van der Waals surface area contributed by atoms with E-state index in [0.29, 0.717) is 12.3 Å². The third-order valence-corrected chi connectivity index (χ3v) is 2.98. The summed E-state index contributed by atoms with van der Waals surface area (Å²) >= 11 is 0. The number of hydrogen-bond acceptors (Lipinski definition) is 4. The number of aliphatic hydroxyl groups is 2. The Balaban J connectivity index is 2.31. The molecule has 1 aromatic rings. The van der Waals surface area contributed by atoms with Gasteiger partial charge in [-0.2, -0.15) is 0 Å². The predicted octanol–water partition coefficient (Wildman–Crippen LogP) is -0.231. The lowest BCUT2D eigenvalue weighted by molar-refractivity contribution is -0.696. The van der Waals surface area contributed by atoms with E-state index < -0.39 is 6.10 Å². The Labute approximate surface area is 114 Å². The molecular weight excluding hydrogens is 246 g/mol. The normalized spacial score (nSPS) is 13.9. The van der Waals surface area contributed by atoms with Crippen LogP contribution in [0.3, 0.4) is 0 Å². The minimum atomic E-state index is -0.563. The molecule has 5 heteroatoms. The standard InChI is InChI=1S/C14H23NO4/c1-3-11(9-16)15-8-12(17)10-19-14-6-4-5-13(7-14)18-2/h4-7,11-12,15-17H,3,8-10H2,1-2H3/p+1/t11-,12-/m0/s1. The third kappa shape index (κ3) is 5.92. The van der Waals surface area contributed by atoms with E-state index >= 15 is 0 Å². The molecule has 0 spiro atoms. The van der Waals surface area contributed by atoms with Crippen LogP contribution in [0.15, 0.2) is 24.3 Å². The van der Waals surface area contributed by atoms with Gasteiger partial charge >= 0.3 is 0 Å². The summed E-state index contributed by atoms with van der Waals surface area (Å²) in [4.78, 5) is 0. The molecule has 1 aromatic carbocycles. The van der Waals surface area contributed by atoms with Crippen LogP contribution in [0, 0.1) is 0 Å². The molecule has 0 aliphatic rings. The highest BCUT2D eigenvalue weighted by molar-refractivity contribution is 5.32. The van der Waals surface area contributed by atoms with E-state index in [0.717, 1.165) is 12.2 Å². The van der Waals surface area contributed by atoms with Crippen molar-refractivity contribution in [3.63, 3.8) is 0 Å². The average Bonchev–Trinajstić information content (AvgIpc) is 2.46. The number of nitrogens with two attached hydrogens (primary N) is 1. The van der Waals surface area contributed by atoms with Crippen molar-refractivity contribution in [2.75, 3.05) is 26.9 Å². The topological polar surface area (TPSA) is 75.5 Å². The molecule has 108 valence electrons. The van der Waals surface area contributed by atoms with Gasteiger partial charge in [-0.15, -0.1) is 0 Å². The zero-order valence-electron chi connectivity index (χ0n) is 11.6. The van der Waals surface area contributed by atoms with Gasteiger partial charge in [0.2, 0.25) is 0 Å². The fourth-order valence-electron chi connectivity index (χ4n) is 1.67. The highest BCUT2D eigenvalue weighted by Gasteiger charge is 2.12. The van der Waals surface area contributed by atoms with Crippen LogP contribution in [-0.2, 0) is 0 Å². The number of aliphatic hydroxyl groups excluding tert-OH is 2. The van der Waals surface area contributed by atoms with Gasteiger partial charge in [-0.1, -0.05) is 13.0 Å². The Kier molecular flexibility index (Phi) is 7.25. The zero-order valence-corrected chi connectivity index (χ0v) is 11.6. The van der Waals surface area contributed by atoms with Gasteiger partial charge in [0.1, 0.15) is 36.8 Å². The monoisotopic (exact) mass is 270 g/mol. The van der Waals surface area contributed by atoms with Crippen molar-refractivity contribution < 1.29 is 25.0 Å². The first-order valence-electron chi connectivity index (χ1n) is 6.58. The van der Waals surface area contributed by atoms with Gasteiger partial charge in [-0.3, -0.25) is 0 Å². The first-order chi connectivity index (χ1) is 9.19. The second-order valence-electron chi connectivity index (χ2n) is 4.47. The van der Waals surface area contributed by atoms with Crippen LogP contribution in [0.25, 0.3) is 0 Å². The summed E-state index contributed by atoms with van der Waals surface area (Å²) in [6.07, 6.45) is 0.312. The lowest BCUT2D eigenvalue weighted by Crippen LogP contribution is -2.92. The van der Waals surface area contributed by atoms with E-state index in [4.69, 9.17) is 14.6 Å². The second kappa shape index (κ2) is 8.74. The van der Waals surface area contributed by atoms with Gasteiger partial charge in [-0.25, -0.2) is 0 Å². The summed E-state index contributed by atoms with van der Waals surface area (Å²) in [5.74, 6) is 1.40. The molecule has 0 saturated heterocycles. The Morgan fingerprint density at radius 3 is 2.68 bits per heavy atom. The molecule has 0 aliphatic carbocycles. The number of ether oxygens (including phenoxy) is 2. The van der Waals surface area contributed by atoms with Crippen molar-refractivity contribution in [2.24, 2.45) is 0 Å². The molecule has 0 aromatic heterocycles. The molecule has 0 fully saturated rings. The van der Waals surface area contributed by atoms with Crippen LogP contribution < -0.4 is 14.8 Å². The summed E-state index contributed by atoms with van der Waals surface area (Å²) in [6.45, 7) is 2.88. The van der Waals surface area contributed by atoms with E-state index in [2.05, 4.69) is 0 Å². The van der Waals surface area contributed by atoms with Gasteiger partial charge in [0.15, 0.2) is 0 Å². The molecule has 0 heterocycles. The highest BCUT2D eigenvalue weighted by Crippen LogP contribution is 2.18. The van der Waals surface area contributed by atoms with Gasteiger partial charge in [-0.05, 0) is 18.6 Å². The van der Waals surface area contributed by atoms with Gasteiger partial charge in [0.25, 0.3) is 0 Å². The number of rotatable bonds is 9. The molecule has 1 rings (SSSR count). The highest BCUT2D eigenvalue weighted by atomic mass is 16.5. The Morgan fingerprint density at radius 2 is 2.05 bits per heavy atom. The van der Waals surface area contributed by atoms with Gasteiger partial charge in [0, 0.05) is 6.07 Å². The van der Waals surface area contributed by atoms with Crippen LogP contribution in [0.2, 0.25) is 0 Å². The van der Waals surface area contributed by atoms with Crippen molar-refractivity contribution in [2.45, 2.75) is 25.5 Å². The van der Waals surface area contributed by atoms with Crippen molar-refractivity contribution >= 4 is 0 Å². The predicted molar refractivity (Wildman–Crippen MR) is 72.5 cm³/mol. The summed E-state index contributed by atoms with van der Waals surface area (Å²) in [5, 5.41) is 20.8. The Morgan fingerprint density at radius 1 is 1.32 bits per heavy atom.